The average Bonchev–Trinajstić information content (AvgIpc) is 3.19. The number of carbonyl (C=O) groups is 2. The largest absolute Gasteiger partial charge is 0.466 e. The number of amides is 1. The van der Waals surface area contributed by atoms with Crippen LogP contribution >= 0.6 is 23.1 Å². The lowest BCUT2D eigenvalue weighted by Crippen LogP contribution is -2.31. The number of ether oxygens (including phenoxy) is 1. The Labute approximate surface area is 185 Å². The van der Waals surface area contributed by atoms with Crippen molar-refractivity contribution in [1.82, 2.24) is 4.98 Å². The normalized spacial score (nSPS) is 11.0. The number of halogens is 3. The summed E-state index contributed by atoms with van der Waals surface area (Å²) in [5, 5.41) is 0.235. The van der Waals surface area contributed by atoms with Crippen molar-refractivity contribution in [2.45, 2.75) is 31.2 Å². The Balaban J connectivity index is 1.96. The zero-order chi connectivity index (χ0) is 22.5. The molecule has 0 spiro atoms. The van der Waals surface area contributed by atoms with Crippen LogP contribution in [0.25, 0.3) is 10.2 Å². The van der Waals surface area contributed by atoms with Gasteiger partial charge in [0.15, 0.2) is 11.6 Å². The van der Waals surface area contributed by atoms with Gasteiger partial charge in [-0.05, 0) is 25.3 Å². The molecule has 1 amide bonds. The minimum atomic E-state index is -1.32. The van der Waals surface area contributed by atoms with Crippen molar-refractivity contribution in [3.63, 3.8) is 0 Å². The van der Waals surface area contributed by atoms with Gasteiger partial charge in [-0.1, -0.05) is 12.1 Å². The first kappa shape index (κ1) is 23.1. The van der Waals surface area contributed by atoms with Gasteiger partial charge in [0.25, 0.3) is 0 Å². The van der Waals surface area contributed by atoms with Crippen molar-refractivity contribution in [2.24, 2.45) is 0 Å². The van der Waals surface area contributed by atoms with Crippen LogP contribution in [0.3, 0.4) is 0 Å². The number of rotatable bonds is 8. The first-order chi connectivity index (χ1) is 14.8. The van der Waals surface area contributed by atoms with Gasteiger partial charge in [-0.25, -0.2) is 18.2 Å². The van der Waals surface area contributed by atoms with Crippen LogP contribution < -0.4 is 4.90 Å². The molecule has 164 valence electrons. The van der Waals surface area contributed by atoms with Crippen LogP contribution in [0.4, 0.5) is 18.9 Å². The zero-order valence-corrected chi connectivity index (χ0v) is 18.4. The maximum Gasteiger partial charge on any atom is 0.306 e. The molecule has 0 aliphatic carbocycles. The van der Waals surface area contributed by atoms with E-state index in [2.05, 4.69) is 4.98 Å². The molecule has 10 heteroatoms. The highest BCUT2D eigenvalue weighted by atomic mass is 32.2. The summed E-state index contributed by atoms with van der Waals surface area (Å²) in [5.41, 5.74) is 0.171. The summed E-state index contributed by atoms with van der Waals surface area (Å²) in [4.78, 5) is 30.9. The Hall–Kier alpha value is -2.59. The maximum atomic E-state index is 14.1. The monoisotopic (exact) mass is 468 g/mol. The molecular formula is C21H19F3N2O3S2. The topological polar surface area (TPSA) is 59.5 Å². The predicted octanol–water partition coefficient (Wildman–Crippen LogP) is 5.31. The number of fused-ring (bicyclic) bond motifs is 1. The molecule has 0 saturated heterocycles. The Bertz CT molecular complexity index is 1120. The van der Waals surface area contributed by atoms with Gasteiger partial charge >= 0.3 is 5.97 Å². The van der Waals surface area contributed by atoms with Gasteiger partial charge < -0.3 is 9.64 Å². The van der Waals surface area contributed by atoms with Crippen molar-refractivity contribution in [1.29, 1.82) is 0 Å². The van der Waals surface area contributed by atoms with Gasteiger partial charge in [0.05, 0.1) is 30.0 Å². The van der Waals surface area contributed by atoms with E-state index in [1.54, 1.807) is 19.1 Å². The first-order valence-corrected chi connectivity index (χ1v) is 11.4. The van der Waals surface area contributed by atoms with Crippen molar-refractivity contribution in [3.05, 3.63) is 52.8 Å². The SMILES string of the molecule is CCOC(=O)CCC(=O)N(Cc1nc2c(F)c(F)cc(F)c2s1)c1ccccc1SC. The molecule has 0 fully saturated rings. The number of aromatic nitrogens is 1. The van der Waals surface area contributed by atoms with Crippen LogP contribution in [-0.2, 0) is 20.9 Å². The molecule has 0 saturated carbocycles. The van der Waals surface area contributed by atoms with Gasteiger partial charge in [-0.15, -0.1) is 23.1 Å². The summed E-state index contributed by atoms with van der Waals surface area (Å²) in [6.07, 6.45) is 1.65. The third-order valence-corrected chi connectivity index (χ3v) is 6.21. The average molecular weight is 469 g/mol. The number of carbonyl (C=O) groups excluding carboxylic acids is 2. The van der Waals surface area contributed by atoms with E-state index in [0.29, 0.717) is 11.8 Å². The molecule has 0 aliphatic heterocycles. The van der Waals surface area contributed by atoms with Crippen molar-refractivity contribution in [2.75, 3.05) is 17.8 Å². The fraction of sp³-hybridized carbons (Fsp3) is 0.286. The molecule has 5 nitrogen and oxygen atoms in total. The van der Waals surface area contributed by atoms with E-state index in [1.165, 1.54) is 16.7 Å². The number of anilines is 1. The highest BCUT2D eigenvalue weighted by Crippen LogP contribution is 2.33. The second kappa shape index (κ2) is 10.1. The molecule has 3 rings (SSSR count). The van der Waals surface area contributed by atoms with E-state index in [-0.39, 0.29) is 41.6 Å². The Morgan fingerprint density at radius 1 is 1.16 bits per heavy atom. The van der Waals surface area contributed by atoms with Gasteiger partial charge in [-0.2, -0.15) is 0 Å². The Morgan fingerprint density at radius 2 is 1.90 bits per heavy atom. The van der Waals surface area contributed by atoms with E-state index < -0.39 is 28.9 Å². The molecule has 1 aromatic heterocycles. The summed E-state index contributed by atoms with van der Waals surface area (Å²) in [5.74, 6) is -4.34. The molecule has 31 heavy (non-hydrogen) atoms. The summed E-state index contributed by atoms with van der Waals surface area (Å²) in [6, 6.07) is 7.63. The third kappa shape index (κ3) is 5.19. The van der Waals surface area contributed by atoms with Crippen LogP contribution in [0, 0.1) is 17.5 Å². The fourth-order valence-corrected chi connectivity index (χ4v) is 4.53. The smallest absolute Gasteiger partial charge is 0.306 e. The van der Waals surface area contributed by atoms with Crippen LogP contribution in [0.2, 0.25) is 0 Å². The quantitative estimate of drug-likeness (QED) is 0.255. The number of benzene rings is 2. The van der Waals surface area contributed by atoms with E-state index in [9.17, 15) is 22.8 Å². The van der Waals surface area contributed by atoms with Crippen molar-refractivity contribution in [3.8, 4) is 0 Å². The summed E-state index contributed by atoms with van der Waals surface area (Å²) < 4.78 is 46.5. The Kier molecular flexibility index (Phi) is 7.55. The molecule has 0 atom stereocenters. The molecule has 0 bridgehead atoms. The first-order valence-electron chi connectivity index (χ1n) is 9.37. The van der Waals surface area contributed by atoms with Crippen LogP contribution in [0.1, 0.15) is 24.8 Å². The van der Waals surface area contributed by atoms with Crippen molar-refractivity contribution >= 4 is 50.9 Å². The lowest BCUT2D eigenvalue weighted by Gasteiger charge is -2.24. The number of nitrogens with zero attached hydrogens (tertiary/aromatic N) is 2. The minimum Gasteiger partial charge on any atom is -0.466 e. The van der Waals surface area contributed by atoms with E-state index >= 15 is 0 Å². The maximum absolute atomic E-state index is 14.1. The summed E-state index contributed by atoms with van der Waals surface area (Å²) >= 11 is 2.27. The lowest BCUT2D eigenvalue weighted by atomic mass is 10.2. The van der Waals surface area contributed by atoms with Crippen LogP contribution in [-0.4, -0.2) is 29.7 Å². The van der Waals surface area contributed by atoms with E-state index in [0.717, 1.165) is 16.2 Å². The number of hydrogen-bond donors (Lipinski definition) is 0. The predicted molar refractivity (Wildman–Crippen MR) is 115 cm³/mol. The highest BCUT2D eigenvalue weighted by molar-refractivity contribution is 7.98. The molecule has 2 aromatic carbocycles. The lowest BCUT2D eigenvalue weighted by molar-refractivity contribution is -0.144. The fourth-order valence-electron chi connectivity index (χ4n) is 2.97. The van der Waals surface area contributed by atoms with Crippen molar-refractivity contribution < 1.29 is 27.5 Å². The molecule has 1 heterocycles. The number of para-hydroxylation sites is 1. The molecule has 0 aliphatic rings. The molecule has 0 unspecified atom stereocenters. The molecule has 3 aromatic rings. The van der Waals surface area contributed by atoms with E-state index in [1.807, 2.05) is 18.4 Å². The number of thiazole rings is 1. The number of hydrogen-bond acceptors (Lipinski definition) is 6. The van der Waals surface area contributed by atoms with Crippen LogP contribution in [0.15, 0.2) is 35.2 Å². The second-order valence-corrected chi connectivity index (χ2v) is 8.33. The van der Waals surface area contributed by atoms with Gasteiger partial charge in [0, 0.05) is 17.4 Å². The Morgan fingerprint density at radius 3 is 2.61 bits per heavy atom. The van der Waals surface area contributed by atoms with Crippen LogP contribution in [0.5, 0.6) is 0 Å². The third-order valence-electron chi connectivity index (χ3n) is 4.38. The van der Waals surface area contributed by atoms with Gasteiger partial charge in [0.1, 0.15) is 16.3 Å². The molecular weight excluding hydrogens is 449 g/mol. The number of esters is 1. The highest BCUT2D eigenvalue weighted by Gasteiger charge is 2.23. The zero-order valence-electron chi connectivity index (χ0n) is 16.8. The standard InChI is InChI=1S/C21H19F3N2O3S2/c1-3-29-18(28)9-8-17(27)26(14-6-4-5-7-15(14)30-2)11-16-25-20-19(24)12(22)10-13(23)21(20)31-16/h4-7,10H,3,8-9,11H2,1-2H3. The summed E-state index contributed by atoms with van der Waals surface area (Å²) in [6.45, 7) is 1.81. The molecule has 0 N–H and O–H groups in total. The molecule has 0 radical (unpaired) electrons. The van der Waals surface area contributed by atoms with Gasteiger partial charge in [-0.3, -0.25) is 9.59 Å². The number of thioether (sulfide) groups is 1. The van der Waals surface area contributed by atoms with Gasteiger partial charge in [0.2, 0.25) is 5.91 Å². The van der Waals surface area contributed by atoms with E-state index in [4.69, 9.17) is 4.74 Å². The minimum absolute atomic E-state index is 0.0842. The second-order valence-electron chi connectivity index (χ2n) is 6.40. The summed E-state index contributed by atoms with van der Waals surface area (Å²) in [7, 11) is 0.